The SMILES string of the molecule is Cc1cccc(COc2cc(Cn3oc(=O)[nH]c3=O)cc(OCc3cccc(C)c3)c2)c1. The van der Waals surface area contributed by atoms with E-state index in [1.807, 2.05) is 56.3 Å². The number of ether oxygens (including phenoxy) is 2. The van der Waals surface area contributed by atoms with Crippen LogP contribution in [0.2, 0.25) is 0 Å². The number of nitrogens with zero attached hydrogens (tertiary/aromatic N) is 1. The zero-order valence-electron chi connectivity index (χ0n) is 18.0. The largest absolute Gasteiger partial charge is 0.489 e. The molecule has 0 unspecified atom stereocenters. The summed E-state index contributed by atoms with van der Waals surface area (Å²) in [7, 11) is 0. The maximum atomic E-state index is 11.9. The molecule has 3 aromatic carbocycles. The molecule has 0 aliphatic heterocycles. The quantitative estimate of drug-likeness (QED) is 0.456. The van der Waals surface area contributed by atoms with Crippen LogP contribution < -0.4 is 20.9 Å². The molecule has 0 saturated carbocycles. The molecule has 0 radical (unpaired) electrons. The summed E-state index contributed by atoms with van der Waals surface area (Å²) in [6.45, 7) is 4.91. The third-order valence-corrected chi connectivity index (χ3v) is 4.87. The van der Waals surface area contributed by atoms with Gasteiger partial charge in [-0.25, -0.2) is 14.6 Å². The molecule has 0 spiro atoms. The van der Waals surface area contributed by atoms with Crippen LogP contribution in [0, 0.1) is 13.8 Å². The molecule has 1 aromatic heterocycles. The minimum atomic E-state index is -0.794. The average molecular weight is 432 g/mol. The van der Waals surface area contributed by atoms with E-state index in [4.69, 9.17) is 14.0 Å². The van der Waals surface area contributed by atoms with Crippen molar-refractivity contribution in [2.75, 3.05) is 0 Å². The first kappa shape index (κ1) is 21.2. The van der Waals surface area contributed by atoms with Crippen LogP contribution in [0.5, 0.6) is 11.5 Å². The molecule has 0 aliphatic carbocycles. The molecule has 0 saturated heterocycles. The zero-order chi connectivity index (χ0) is 22.5. The molecule has 4 rings (SSSR count). The lowest BCUT2D eigenvalue weighted by atomic mass is 10.1. The summed E-state index contributed by atoms with van der Waals surface area (Å²) in [5.41, 5.74) is 4.50. The van der Waals surface area contributed by atoms with E-state index in [-0.39, 0.29) is 6.54 Å². The summed E-state index contributed by atoms with van der Waals surface area (Å²) >= 11 is 0. The summed E-state index contributed by atoms with van der Waals surface area (Å²) in [4.78, 5) is 25.3. The highest BCUT2D eigenvalue weighted by Crippen LogP contribution is 2.25. The lowest BCUT2D eigenvalue weighted by Crippen LogP contribution is -2.17. The van der Waals surface area contributed by atoms with Gasteiger partial charge in [0.15, 0.2) is 0 Å². The molecular weight excluding hydrogens is 408 g/mol. The van der Waals surface area contributed by atoms with Crippen molar-refractivity contribution in [2.45, 2.75) is 33.6 Å². The number of hydrogen-bond acceptors (Lipinski definition) is 5. The second-order valence-corrected chi connectivity index (χ2v) is 7.71. The van der Waals surface area contributed by atoms with Crippen LogP contribution in [0.4, 0.5) is 0 Å². The van der Waals surface area contributed by atoms with Gasteiger partial charge in [0, 0.05) is 6.07 Å². The minimum absolute atomic E-state index is 0.0695. The second-order valence-electron chi connectivity index (χ2n) is 7.71. The number of nitrogens with one attached hydrogen (secondary N) is 1. The topological polar surface area (TPSA) is 86.5 Å². The van der Waals surface area contributed by atoms with E-state index in [0.29, 0.717) is 30.3 Å². The highest BCUT2D eigenvalue weighted by Gasteiger charge is 2.09. The molecule has 0 amide bonds. The Hall–Kier alpha value is -4.00. The van der Waals surface area contributed by atoms with Crippen molar-refractivity contribution < 1.29 is 14.0 Å². The lowest BCUT2D eigenvalue weighted by Gasteiger charge is -2.13. The number of hydrogen-bond donors (Lipinski definition) is 1. The van der Waals surface area contributed by atoms with Crippen LogP contribution in [0.15, 0.2) is 80.8 Å². The Morgan fingerprint density at radius 3 is 1.81 bits per heavy atom. The maximum absolute atomic E-state index is 11.9. The fraction of sp³-hybridized carbons (Fsp3) is 0.200. The van der Waals surface area contributed by atoms with Crippen molar-refractivity contribution in [1.29, 1.82) is 0 Å². The molecule has 1 heterocycles. The van der Waals surface area contributed by atoms with Crippen molar-refractivity contribution in [3.05, 3.63) is 116 Å². The standard InChI is InChI=1S/C25H24N2O5/c1-17-5-3-7-19(9-17)15-30-22-11-21(14-27-24(28)26-25(29)32-27)12-23(13-22)31-16-20-8-4-6-18(2)10-20/h3-13H,14-16H2,1-2H3,(H,26,28,29). The van der Waals surface area contributed by atoms with Gasteiger partial charge in [0.25, 0.3) is 0 Å². The first-order chi connectivity index (χ1) is 15.4. The van der Waals surface area contributed by atoms with E-state index in [2.05, 4.69) is 17.1 Å². The summed E-state index contributed by atoms with van der Waals surface area (Å²) in [6.07, 6.45) is 0. The fourth-order valence-corrected chi connectivity index (χ4v) is 3.41. The van der Waals surface area contributed by atoms with E-state index in [0.717, 1.165) is 27.0 Å². The molecule has 7 nitrogen and oxygen atoms in total. The minimum Gasteiger partial charge on any atom is -0.489 e. The Morgan fingerprint density at radius 2 is 1.34 bits per heavy atom. The van der Waals surface area contributed by atoms with Crippen molar-refractivity contribution in [1.82, 2.24) is 9.72 Å². The Kier molecular flexibility index (Phi) is 6.26. The van der Waals surface area contributed by atoms with E-state index >= 15 is 0 Å². The van der Waals surface area contributed by atoms with E-state index < -0.39 is 11.4 Å². The van der Waals surface area contributed by atoms with Gasteiger partial charge in [0.1, 0.15) is 24.7 Å². The van der Waals surface area contributed by atoms with Crippen molar-refractivity contribution >= 4 is 0 Å². The van der Waals surface area contributed by atoms with Gasteiger partial charge in [-0.05, 0) is 42.7 Å². The van der Waals surface area contributed by atoms with Gasteiger partial charge in [-0.2, -0.15) is 0 Å². The van der Waals surface area contributed by atoms with Gasteiger partial charge in [0.2, 0.25) is 0 Å². The Labute approximate surface area is 184 Å². The highest BCUT2D eigenvalue weighted by atomic mass is 16.5. The molecule has 7 heteroatoms. The molecule has 164 valence electrons. The van der Waals surface area contributed by atoms with Crippen LogP contribution in [-0.2, 0) is 19.8 Å². The molecule has 0 atom stereocenters. The van der Waals surface area contributed by atoms with Crippen LogP contribution in [0.25, 0.3) is 0 Å². The Balaban J connectivity index is 1.57. The molecule has 0 fully saturated rings. The van der Waals surface area contributed by atoms with E-state index in [1.165, 1.54) is 0 Å². The molecule has 0 aliphatic rings. The van der Waals surface area contributed by atoms with Crippen LogP contribution in [0.1, 0.15) is 27.8 Å². The molecule has 4 aromatic rings. The molecule has 0 bridgehead atoms. The fourth-order valence-electron chi connectivity index (χ4n) is 3.41. The highest BCUT2D eigenvalue weighted by molar-refractivity contribution is 5.39. The number of H-pyrrole nitrogens is 1. The molecular formula is C25H24N2O5. The van der Waals surface area contributed by atoms with Crippen LogP contribution >= 0.6 is 0 Å². The van der Waals surface area contributed by atoms with Crippen LogP contribution in [0.3, 0.4) is 0 Å². The van der Waals surface area contributed by atoms with Gasteiger partial charge in [-0.1, -0.05) is 59.7 Å². The molecule has 32 heavy (non-hydrogen) atoms. The predicted octanol–water partition coefficient (Wildman–Crippen LogP) is 3.95. The maximum Gasteiger partial charge on any atom is 0.440 e. The summed E-state index contributed by atoms with van der Waals surface area (Å²) in [5.74, 6) is 0.390. The number of aromatic nitrogens is 2. The summed E-state index contributed by atoms with van der Waals surface area (Å²) in [5, 5.41) is 0. The Bertz CT molecular complexity index is 1260. The third-order valence-electron chi connectivity index (χ3n) is 4.87. The van der Waals surface area contributed by atoms with Gasteiger partial charge < -0.3 is 14.0 Å². The number of benzene rings is 3. The van der Waals surface area contributed by atoms with Crippen molar-refractivity contribution in [3.8, 4) is 11.5 Å². The first-order valence-electron chi connectivity index (χ1n) is 10.3. The normalized spacial score (nSPS) is 10.8. The number of rotatable bonds is 8. The lowest BCUT2D eigenvalue weighted by molar-refractivity contribution is 0.256. The van der Waals surface area contributed by atoms with E-state index in [9.17, 15) is 9.59 Å². The number of aryl methyl sites for hydroxylation is 2. The summed E-state index contributed by atoms with van der Waals surface area (Å²) < 4.78 is 17.9. The van der Waals surface area contributed by atoms with Gasteiger partial charge in [-0.3, -0.25) is 0 Å². The second kappa shape index (κ2) is 9.43. The van der Waals surface area contributed by atoms with Crippen LogP contribution in [-0.4, -0.2) is 9.72 Å². The van der Waals surface area contributed by atoms with E-state index in [1.54, 1.807) is 12.1 Å². The zero-order valence-corrected chi connectivity index (χ0v) is 18.0. The smallest absolute Gasteiger partial charge is 0.440 e. The molecule has 1 N–H and O–H groups in total. The first-order valence-corrected chi connectivity index (χ1v) is 10.3. The number of aromatic amines is 1. The predicted molar refractivity (Wildman–Crippen MR) is 120 cm³/mol. The van der Waals surface area contributed by atoms with Crippen molar-refractivity contribution in [3.63, 3.8) is 0 Å². The van der Waals surface area contributed by atoms with Gasteiger partial charge in [-0.15, -0.1) is 4.74 Å². The summed E-state index contributed by atoms with van der Waals surface area (Å²) in [6, 6.07) is 21.6. The Morgan fingerprint density at radius 1 is 0.781 bits per heavy atom. The third kappa shape index (κ3) is 5.57. The van der Waals surface area contributed by atoms with Gasteiger partial charge in [0.05, 0.1) is 6.54 Å². The van der Waals surface area contributed by atoms with Gasteiger partial charge >= 0.3 is 11.4 Å². The van der Waals surface area contributed by atoms with Crippen molar-refractivity contribution in [2.24, 2.45) is 0 Å². The average Bonchev–Trinajstić information content (AvgIpc) is 3.07. The monoisotopic (exact) mass is 432 g/mol.